The van der Waals surface area contributed by atoms with Gasteiger partial charge in [0.2, 0.25) is 10.0 Å². The van der Waals surface area contributed by atoms with Crippen LogP contribution in [0.1, 0.15) is 24.8 Å². The van der Waals surface area contributed by atoms with Gasteiger partial charge < -0.3 is 0 Å². The van der Waals surface area contributed by atoms with Crippen LogP contribution in [0.4, 0.5) is 13.2 Å². The number of rotatable bonds is 3. The highest BCUT2D eigenvalue weighted by Gasteiger charge is 2.36. The van der Waals surface area contributed by atoms with Crippen LogP contribution in [-0.4, -0.2) is 25.8 Å². The van der Waals surface area contributed by atoms with E-state index < -0.39 is 21.8 Å². The van der Waals surface area contributed by atoms with Gasteiger partial charge in [-0.2, -0.15) is 17.5 Å². The van der Waals surface area contributed by atoms with Crippen molar-refractivity contribution in [2.45, 2.75) is 30.3 Å². The van der Waals surface area contributed by atoms with E-state index in [0.717, 1.165) is 12.5 Å². The molecular formula is C18H19BrF3NO2S. The Bertz CT molecular complexity index is 813. The van der Waals surface area contributed by atoms with E-state index in [1.54, 1.807) is 0 Å². The van der Waals surface area contributed by atoms with E-state index in [1.165, 1.54) is 10.4 Å². The van der Waals surface area contributed by atoms with Gasteiger partial charge in [0.05, 0.1) is 10.5 Å². The Balaban J connectivity index is 1.76. The van der Waals surface area contributed by atoms with Gasteiger partial charge in [-0.25, -0.2) is 8.42 Å². The Hall–Kier alpha value is -1.12. The predicted octanol–water partition coefficient (Wildman–Crippen LogP) is 5.00. The molecule has 0 atom stereocenters. The lowest BCUT2D eigenvalue weighted by molar-refractivity contribution is -0.138. The first kappa shape index (κ1) is 19.6. The third kappa shape index (κ3) is 4.07. The number of alkyl halides is 3. The van der Waals surface area contributed by atoms with Crippen LogP contribution in [0.3, 0.4) is 0 Å². The van der Waals surface area contributed by atoms with Crippen LogP contribution < -0.4 is 0 Å². The number of hydrogen-bond donors (Lipinski definition) is 0. The van der Waals surface area contributed by atoms with E-state index in [-0.39, 0.29) is 9.37 Å². The zero-order chi connectivity index (χ0) is 18.9. The van der Waals surface area contributed by atoms with Gasteiger partial charge in [0, 0.05) is 17.6 Å². The molecule has 3 rings (SSSR count). The minimum absolute atomic E-state index is 0.168. The molecule has 1 aromatic rings. The monoisotopic (exact) mass is 449 g/mol. The average molecular weight is 450 g/mol. The van der Waals surface area contributed by atoms with Crippen molar-refractivity contribution in [1.82, 2.24) is 4.31 Å². The van der Waals surface area contributed by atoms with E-state index in [9.17, 15) is 21.6 Å². The number of allylic oxidation sites excluding steroid dienone is 4. The van der Waals surface area contributed by atoms with Crippen LogP contribution in [0.5, 0.6) is 0 Å². The van der Waals surface area contributed by atoms with Gasteiger partial charge >= 0.3 is 6.18 Å². The lowest BCUT2D eigenvalue weighted by Crippen LogP contribution is -2.39. The van der Waals surface area contributed by atoms with Gasteiger partial charge in [0.15, 0.2) is 0 Å². The summed E-state index contributed by atoms with van der Waals surface area (Å²) in [5, 5.41) is 0. The summed E-state index contributed by atoms with van der Waals surface area (Å²) < 4.78 is 65.9. The van der Waals surface area contributed by atoms with Crippen molar-refractivity contribution in [3.05, 3.63) is 52.5 Å². The molecule has 1 saturated heterocycles. The highest BCUT2D eigenvalue weighted by molar-refractivity contribution is 9.10. The molecule has 142 valence electrons. The maximum Gasteiger partial charge on any atom is 0.417 e. The fourth-order valence-electron chi connectivity index (χ4n) is 3.46. The molecule has 0 N–H and O–H groups in total. The first-order valence-corrected chi connectivity index (χ1v) is 10.6. The Morgan fingerprint density at radius 1 is 1.08 bits per heavy atom. The minimum atomic E-state index is -4.61. The number of piperidine rings is 1. The summed E-state index contributed by atoms with van der Waals surface area (Å²) in [6, 6.07) is 3.06. The summed E-state index contributed by atoms with van der Waals surface area (Å²) in [5.74, 6) is 0.683. The largest absolute Gasteiger partial charge is 0.417 e. The quantitative estimate of drug-likeness (QED) is 0.608. The van der Waals surface area contributed by atoms with E-state index in [1.807, 2.05) is 0 Å². The van der Waals surface area contributed by atoms with Crippen molar-refractivity contribution in [2.24, 2.45) is 11.8 Å². The van der Waals surface area contributed by atoms with E-state index in [2.05, 4.69) is 40.2 Å². The summed E-state index contributed by atoms with van der Waals surface area (Å²) in [4.78, 5) is -0.316. The van der Waals surface area contributed by atoms with Crippen LogP contribution in [-0.2, 0) is 16.2 Å². The van der Waals surface area contributed by atoms with Gasteiger partial charge in [-0.15, -0.1) is 0 Å². The Morgan fingerprint density at radius 3 is 2.27 bits per heavy atom. The molecule has 1 aliphatic heterocycles. The van der Waals surface area contributed by atoms with Gasteiger partial charge in [-0.3, -0.25) is 0 Å². The lowest BCUT2D eigenvalue weighted by atomic mass is 9.83. The Kier molecular flexibility index (Phi) is 5.65. The normalized spacial score (nSPS) is 20.6. The second-order valence-electron chi connectivity index (χ2n) is 6.55. The third-order valence-corrected chi connectivity index (χ3v) is 7.50. The van der Waals surface area contributed by atoms with Gasteiger partial charge in [0.25, 0.3) is 0 Å². The molecule has 1 aromatic carbocycles. The summed E-state index contributed by atoms with van der Waals surface area (Å²) in [7, 11) is -3.94. The molecule has 0 amide bonds. The highest BCUT2D eigenvalue weighted by Crippen LogP contribution is 2.37. The molecule has 0 aromatic heterocycles. The van der Waals surface area contributed by atoms with Crippen molar-refractivity contribution in [1.29, 1.82) is 0 Å². The summed E-state index contributed by atoms with van der Waals surface area (Å²) in [6.07, 6.45) is 6.22. The molecule has 0 saturated carbocycles. The molecule has 1 aliphatic carbocycles. The second-order valence-corrected chi connectivity index (χ2v) is 9.34. The smallest absolute Gasteiger partial charge is 0.207 e. The van der Waals surface area contributed by atoms with Crippen LogP contribution in [0.15, 0.2) is 51.9 Å². The minimum Gasteiger partial charge on any atom is -0.207 e. The maximum absolute atomic E-state index is 13.1. The lowest BCUT2D eigenvalue weighted by Gasteiger charge is -2.34. The summed E-state index contributed by atoms with van der Waals surface area (Å²) >= 11 is 2.84. The first-order valence-electron chi connectivity index (χ1n) is 8.40. The van der Waals surface area contributed by atoms with Crippen LogP contribution in [0, 0.1) is 11.8 Å². The average Bonchev–Trinajstić information content (AvgIpc) is 2.62. The standard InChI is InChI=1S/C18H19BrF3NO2S/c19-17-7-6-15(12-16(17)18(20,21)22)26(24,25)23-10-8-14(9-11-23)13-4-2-1-3-5-13/h2-7,12-14H,1,8-11H2. The number of nitrogens with zero attached hydrogens (tertiary/aromatic N) is 1. The second kappa shape index (κ2) is 7.48. The molecule has 1 fully saturated rings. The van der Waals surface area contributed by atoms with Gasteiger partial charge in [-0.05, 0) is 49.3 Å². The Labute approximate surface area is 159 Å². The fourth-order valence-corrected chi connectivity index (χ4v) is 5.43. The highest BCUT2D eigenvalue weighted by atomic mass is 79.9. The topological polar surface area (TPSA) is 37.4 Å². The van der Waals surface area contributed by atoms with E-state index in [4.69, 9.17) is 0 Å². The van der Waals surface area contributed by atoms with Crippen molar-refractivity contribution < 1.29 is 21.6 Å². The maximum atomic E-state index is 13.1. The van der Waals surface area contributed by atoms with Crippen molar-refractivity contribution >= 4 is 26.0 Å². The SMILES string of the molecule is O=S(=O)(c1ccc(Br)c(C(F)(F)F)c1)N1CCC(C2C=CCC=C2)CC1. The first-order chi connectivity index (χ1) is 12.2. The third-order valence-electron chi connectivity index (χ3n) is 4.91. The molecule has 0 radical (unpaired) electrons. The van der Waals surface area contributed by atoms with Gasteiger partial charge in [0.1, 0.15) is 0 Å². The van der Waals surface area contributed by atoms with Crippen molar-refractivity contribution in [3.63, 3.8) is 0 Å². The number of benzene rings is 1. The van der Waals surface area contributed by atoms with E-state index >= 15 is 0 Å². The Morgan fingerprint density at radius 2 is 1.69 bits per heavy atom. The van der Waals surface area contributed by atoms with E-state index in [0.29, 0.717) is 43.8 Å². The summed E-state index contributed by atoms with van der Waals surface area (Å²) in [6.45, 7) is 0.644. The molecule has 0 unspecified atom stereocenters. The van der Waals surface area contributed by atoms with Gasteiger partial charge in [-0.1, -0.05) is 40.2 Å². The molecule has 1 heterocycles. The molecule has 26 heavy (non-hydrogen) atoms. The van der Waals surface area contributed by atoms with Crippen LogP contribution in [0.25, 0.3) is 0 Å². The molecular weight excluding hydrogens is 431 g/mol. The molecule has 8 heteroatoms. The van der Waals surface area contributed by atoms with Crippen molar-refractivity contribution in [3.8, 4) is 0 Å². The number of halogens is 4. The molecule has 0 bridgehead atoms. The molecule has 0 spiro atoms. The molecule has 3 nitrogen and oxygen atoms in total. The zero-order valence-corrected chi connectivity index (χ0v) is 16.3. The molecule has 2 aliphatic rings. The van der Waals surface area contributed by atoms with Crippen LogP contribution >= 0.6 is 15.9 Å². The zero-order valence-electron chi connectivity index (χ0n) is 13.9. The summed E-state index contributed by atoms with van der Waals surface area (Å²) in [5.41, 5.74) is -0.981. The number of hydrogen-bond acceptors (Lipinski definition) is 2. The van der Waals surface area contributed by atoms with Crippen molar-refractivity contribution in [2.75, 3.05) is 13.1 Å². The predicted molar refractivity (Wildman–Crippen MR) is 97.0 cm³/mol. The van der Waals surface area contributed by atoms with Crippen LogP contribution in [0.2, 0.25) is 0 Å². The fraction of sp³-hybridized carbons (Fsp3) is 0.444. The number of sulfonamides is 1.